The topological polar surface area (TPSA) is 61.8 Å². The predicted octanol–water partition coefficient (Wildman–Crippen LogP) is 2.31. The first-order valence-corrected chi connectivity index (χ1v) is 7.55. The van der Waals surface area contributed by atoms with Crippen LogP contribution in [0.4, 0.5) is 9.18 Å². The normalized spacial score (nSPS) is 19.6. The number of aliphatic hydroxyl groups excluding tert-OH is 1. The minimum atomic E-state index is -0.502. The number of aliphatic hydroxyl groups is 1. The fourth-order valence-corrected chi connectivity index (χ4v) is 2.86. The van der Waals surface area contributed by atoms with Crippen LogP contribution in [-0.4, -0.2) is 42.8 Å². The molecular formula is C16H23FN2O3. The molecule has 1 fully saturated rings. The van der Waals surface area contributed by atoms with Crippen molar-refractivity contribution >= 4 is 6.03 Å². The van der Waals surface area contributed by atoms with Gasteiger partial charge < -0.3 is 20.1 Å². The number of carbonyl (C=O) groups is 1. The molecule has 0 spiro atoms. The lowest BCUT2D eigenvalue weighted by Gasteiger charge is -2.33. The second kappa shape index (κ2) is 7.45. The van der Waals surface area contributed by atoms with Gasteiger partial charge in [-0.15, -0.1) is 0 Å². The van der Waals surface area contributed by atoms with Crippen molar-refractivity contribution in [3.8, 4) is 5.75 Å². The third-order valence-electron chi connectivity index (χ3n) is 4.07. The maximum atomic E-state index is 14.0. The number of carbonyl (C=O) groups excluding carboxylic acids is 1. The van der Waals surface area contributed by atoms with Crippen molar-refractivity contribution in [1.29, 1.82) is 0 Å². The van der Waals surface area contributed by atoms with E-state index < -0.39 is 11.9 Å². The lowest BCUT2D eigenvalue weighted by molar-refractivity contribution is 0.128. The molecule has 22 heavy (non-hydrogen) atoms. The number of urea groups is 1. The Morgan fingerprint density at radius 2 is 2.36 bits per heavy atom. The fourth-order valence-electron chi connectivity index (χ4n) is 2.86. The Kier molecular flexibility index (Phi) is 5.60. The standard InChI is InChI=1S/C16H23FN2O3/c1-11(15-13(17)6-3-7-14(15)22-2)18-16(21)19-8-4-5-12(9-19)10-20/h3,6-7,11-12,20H,4-5,8-10H2,1-2H3,(H,18,21)/t11-,12-/m1/s1. The van der Waals surface area contributed by atoms with E-state index in [0.717, 1.165) is 12.8 Å². The van der Waals surface area contributed by atoms with Crippen LogP contribution in [0, 0.1) is 11.7 Å². The maximum absolute atomic E-state index is 14.0. The number of rotatable bonds is 4. The molecule has 6 heteroatoms. The van der Waals surface area contributed by atoms with Crippen LogP contribution in [0.2, 0.25) is 0 Å². The molecule has 0 bridgehead atoms. The number of halogens is 1. The highest BCUT2D eigenvalue weighted by Crippen LogP contribution is 2.28. The molecule has 2 N–H and O–H groups in total. The summed E-state index contributed by atoms with van der Waals surface area (Å²) in [4.78, 5) is 14.0. The van der Waals surface area contributed by atoms with Crippen molar-refractivity contribution in [2.45, 2.75) is 25.8 Å². The van der Waals surface area contributed by atoms with Crippen LogP contribution in [0.3, 0.4) is 0 Å². The molecule has 1 aliphatic heterocycles. The van der Waals surface area contributed by atoms with E-state index in [1.54, 1.807) is 24.0 Å². The van der Waals surface area contributed by atoms with Gasteiger partial charge in [0.05, 0.1) is 18.7 Å². The summed E-state index contributed by atoms with van der Waals surface area (Å²) in [5, 5.41) is 12.0. The Labute approximate surface area is 130 Å². The number of ether oxygens (including phenoxy) is 1. The molecule has 0 aliphatic carbocycles. The molecule has 5 nitrogen and oxygen atoms in total. The number of hydrogen-bond donors (Lipinski definition) is 2. The Bertz CT molecular complexity index is 524. The smallest absolute Gasteiger partial charge is 0.317 e. The van der Waals surface area contributed by atoms with E-state index in [9.17, 15) is 14.3 Å². The predicted molar refractivity (Wildman–Crippen MR) is 81.3 cm³/mol. The highest BCUT2D eigenvalue weighted by Gasteiger charge is 2.25. The highest BCUT2D eigenvalue weighted by atomic mass is 19.1. The first-order valence-electron chi connectivity index (χ1n) is 7.55. The lowest BCUT2D eigenvalue weighted by atomic mass is 9.99. The molecule has 2 atom stereocenters. The Balaban J connectivity index is 2.05. The van der Waals surface area contributed by atoms with Crippen LogP contribution in [0.15, 0.2) is 18.2 Å². The van der Waals surface area contributed by atoms with Gasteiger partial charge in [0.1, 0.15) is 11.6 Å². The summed E-state index contributed by atoms with van der Waals surface area (Å²) in [5.74, 6) is 0.136. The van der Waals surface area contributed by atoms with E-state index in [4.69, 9.17) is 4.74 Å². The molecular weight excluding hydrogens is 287 g/mol. The van der Waals surface area contributed by atoms with Crippen LogP contribution in [0.5, 0.6) is 5.75 Å². The number of likely N-dealkylation sites (tertiary alicyclic amines) is 1. The average molecular weight is 310 g/mol. The number of hydrogen-bond acceptors (Lipinski definition) is 3. The van der Waals surface area contributed by atoms with E-state index in [2.05, 4.69) is 5.32 Å². The van der Waals surface area contributed by atoms with Gasteiger partial charge in [-0.05, 0) is 37.8 Å². The van der Waals surface area contributed by atoms with Crippen LogP contribution >= 0.6 is 0 Å². The van der Waals surface area contributed by atoms with E-state index >= 15 is 0 Å². The number of nitrogens with zero attached hydrogens (tertiary/aromatic N) is 1. The number of piperidine rings is 1. The minimum absolute atomic E-state index is 0.0838. The van der Waals surface area contributed by atoms with Gasteiger partial charge in [0.15, 0.2) is 0 Å². The van der Waals surface area contributed by atoms with Crippen molar-refractivity contribution in [3.63, 3.8) is 0 Å². The molecule has 1 heterocycles. The molecule has 0 aromatic heterocycles. The van der Waals surface area contributed by atoms with E-state index in [1.165, 1.54) is 13.2 Å². The summed E-state index contributed by atoms with van der Waals surface area (Å²) in [7, 11) is 1.48. The number of amides is 2. The Morgan fingerprint density at radius 1 is 1.59 bits per heavy atom. The van der Waals surface area contributed by atoms with Gasteiger partial charge >= 0.3 is 6.03 Å². The summed E-state index contributed by atoms with van der Waals surface area (Å²) in [6, 6.07) is 3.85. The molecule has 1 aromatic rings. The first kappa shape index (κ1) is 16.5. The van der Waals surface area contributed by atoms with E-state index in [-0.39, 0.29) is 18.6 Å². The number of nitrogens with one attached hydrogen (secondary N) is 1. The summed E-state index contributed by atoms with van der Waals surface area (Å²) < 4.78 is 19.2. The van der Waals surface area contributed by atoms with Crippen molar-refractivity contribution in [2.75, 3.05) is 26.8 Å². The third-order valence-corrected chi connectivity index (χ3v) is 4.07. The summed E-state index contributed by atoms with van der Waals surface area (Å²) in [6.07, 6.45) is 1.80. The average Bonchev–Trinajstić information content (AvgIpc) is 2.54. The molecule has 0 unspecified atom stereocenters. The quantitative estimate of drug-likeness (QED) is 0.897. The number of methoxy groups -OCH3 is 1. The van der Waals surface area contributed by atoms with Gasteiger partial charge in [-0.25, -0.2) is 9.18 Å². The Hall–Kier alpha value is -1.82. The van der Waals surface area contributed by atoms with Crippen molar-refractivity contribution < 1.29 is 19.0 Å². The minimum Gasteiger partial charge on any atom is -0.496 e. The van der Waals surface area contributed by atoms with Crippen LogP contribution in [0.25, 0.3) is 0 Å². The second-order valence-corrected chi connectivity index (χ2v) is 5.66. The highest BCUT2D eigenvalue weighted by molar-refractivity contribution is 5.75. The zero-order chi connectivity index (χ0) is 16.1. The molecule has 0 radical (unpaired) electrons. The first-order chi connectivity index (χ1) is 10.6. The molecule has 2 rings (SSSR count). The van der Waals surface area contributed by atoms with Crippen LogP contribution in [0.1, 0.15) is 31.4 Å². The van der Waals surface area contributed by atoms with Gasteiger partial charge in [0, 0.05) is 19.7 Å². The maximum Gasteiger partial charge on any atom is 0.317 e. The van der Waals surface area contributed by atoms with Crippen LogP contribution in [-0.2, 0) is 0 Å². The SMILES string of the molecule is COc1cccc(F)c1[C@@H](C)NC(=O)N1CCC[C@@H](CO)C1. The van der Waals surface area contributed by atoms with Crippen LogP contribution < -0.4 is 10.1 Å². The largest absolute Gasteiger partial charge is 0.496 e. The molecule has 0 saturated carbocycles. The van der Waals surface area contributed by atoms with Crippen molar-refractivity contribution in [1.82, 2.24) is 10.2 Å². The van der Waals surface area contributed by atoms with Gasteiger partial charge in [0.25, 0.3) is 0 Å². The monoisotopic (exact) mass is 310 g/mol. The van der Waals surface area contributed by atoms with Gasteiger partial charge in [-0.3, -0.25) is 0 Å². The zero-order valence-electron chi connectivity index (χ0n) is 13.0. The third kappa shape index (κ3) is 3.68. The van der Waals surface area contributed by atoms with E-state index in [1.807, 2.05) is 0 Å². The summed E-state index contributed by atoms with van der Waals surface area (Å²) in [5.41, 5.74) is 0.342. The number of benzene rings is 1. The van der Waals surface area contributed by atoms with Gasteiger partial charge in [0.2, 0.25) is 0 Å². The molecule has 2 amide bonds. The molecule has 1 aliphatic rings. The van der Waals surface area contributed by atoms with Gasteiger partial charge in [-0.2, -0.15) is 0 Å². The fraction of sp³-hybridized carbons (Fsp3) is 0.562. The molecule has 1 aromatic carbocycles. The van der Waals surface area contributed by atoms with Gasteiger partial charge in [-0.1, -0.05) is 6.07 Å². The lowest BCUT2D eigenvalue weighted by Crippen LogP contribution is -2.46. The van der Waals surface area contributed by atoms with Crippen molar-refractivity contribution in [3.05, 3.63) is 29.6 Å². The summed E-state index contributed by atoms with van der Waals surface area (Å²) >= 11 is 0. The molecule has 122 valence electrons. The summed E-state index contributed by atoms with van der Waals surface area (Å²) in [6.45, 7) is 3.00. The Morgan fingerprint density at radius 3 is 3.05 bits per heavy atom. The molecule has 1 saturated heterocycles. The zero-order valence-corrected chi connectivity index (χ0v) is 13.0. The second-order valence-electron chi connectivity index (χ2n) is 5.66. The van der Waals surface area contributed by atoms with Crippen molar-refractivity contribution in [2.24, 2.45) is 5.92 Å². The van der Waals surface area contributed by atoms with E-state index in [0.29, 0.717) is 24.4 Å².